The molecule has 0 aromatic heterocycles. The summed E-state index contributed by atoms with van der Waals surface area (Å²) in [6.07, 6.45) is 3.67. The summed E-state index contributed by atoms with van der Waals surface area (Å²) in [5, 5.41) is 2.58. The van der Waals surface area contributed by atoms with Gasteiger partial charge in [0.25, 0.3) is 5.91 Å². The minimum absolute atomic E-state index is 0.0297. The molecule has 0 aliphatic heterocycles. The van der Waals surface area contributed by atoms with Crippen LogP contribution in [0.25, 0.3) is 0 Å². The van der Waals surface area contributed by atoms with Crippen molar-refractivity contribution < 1.29 is 18.7 Å². The van der Waals surface area contributed by atoms with Crippen LogP contribution in [0.15, 0.2) is 18.2 Å². The van der Waals surface area contributed by atoms with Gasteiger partial charge in [-0.25, -0.2) is 4.39 Å². The van der Waals surface area contributed by atoms with Gasteiger partial charge in [0.05, 0.1) is 19.2 Å². The maximum atomic E-state index is 13.8. The normalized spacial score (nSPS) is 11.1. The first-order valence-electron chi connectivity index (χ1n) is 6.13. The van der Waals surface area contributed by atoms with Crippen molar-refractivity contribution in [3.05, 3.63) is 29.6 Å². The summed E-state index contributed by atoms with van der Waals surface area (Å²) in [5.41, 5.74) is 0.643. The number of halogens is 1. The largest absolute Gasteiger partial charge is 0.469 e. The van der Waals surface area contributed by atoms with E-state index < -0.39 is 15.9 Å². The lowest BCUT2D eigenvalue weighted by atomic mass is 10.1. The Balaban J connectivity index is 2.95. The molecule has 0 saturated heterocycles. The van der Waals surface area contributed by atoms with E-state index in [-0.39, 0.29) is 18.0 Å². The summed E-state index contributed by atoms with van der Waals surface area (Å²) in [6.45, 7) is 1.77. The van der Waals surface area contributed by atoms with Crippen molar-refractivity contribution in [3.63, 3.8) is 0 Å². The van der Waals surface area contributed by atoms with Gasteiger partial charge in [-0.05, 0) is 37.1 Å². The summed E-state index contributed by atoms with van der Waals surface area (Å²) in [4.78, 5) is 23.5. The van der Waals surface area contributed by atoms with Crippen molar-refractivity contribution in [3.8, 4) is 0 Å². The molecule has 4 nitrogen and oxygen atoms in total. The van der Waals surface area contributed by atoms with Crippen LogP contribution in [0.4, 0.5) is 10.1 Å². The van der Waals surface area contributed by atoms with E-state index in [2.05, 4.69) is 10.1 Å². The zero-order valence-corrected chi connectivity index (χ0v) is 14.0. The smallest absolute Gasteiger partial charge is 0.309 e. The molecular formula is C14H18FNO3S2. The van der Waals surface area contributed by atoms with Gasteiger partial charge in [-0.3, -0.25) is 9.59 Å². The SMILES string of the molecule is COC(=O)Cc1ccc(F)c(NC(=O)C(C)(SC)SC)c1. The summed E-state index contributed by atoms with van der Waals surface area (Å²) >= 11 is 2.76. The third-order valence-corrected chi connectivity index (χ3v) is 5.98. The second kappa shape index (κ2) is 7.70. The first kappa shape index (κ1) is 17.8. The maximum absolute atomic E-state index is 13.8. The predicted molar refractivity (Wildman–Crippen MR) is 86.2 cm³/mol. The molecule has 7 heteroatoms. The quantitative estimate of drug-likeness (QED) is 0.642. The number of benzene rings is 1. The Labute approximate surface area is 132 Å². The molecule has 0 fully saturated rings. The molecular weight excluding hydrogens is 313 g/mol. The lowest BCUT2D eigenvalue weighted by molar-refractivity contribution is -0.139. The van der Waals surface area contributed by atoms with Gasteiger partial charge < -0.3 is 10.1 Å². The number of hydrogen-bond donors (Lipinski definition) is 1. The molecule has 1 aromatic carbocycles. The monoisotopic (exact) mass is 331 g/mol. The molecule has 0 aliphatic carbocycles. The van der Waals surface area contributed by atoms with Crippen LogP contribution in [0.2, 0.25) is 0 Å². The number of carbonyl (C=O) groups is 2. The average molecular weight is 331 g/mol. The number of rotatable bonds is 6. The molecule has 0 aliphatic rings. The lowest BCUT2D eigenvalue weighted by Gasteiger charge is -2.24. The van der Waals surface area contributed by atoms with E-state index in [0.29, 0.717) is 5.56 Å². The van der Waals surface area contributed by atoms with E-state index in [9.17, 15) is 14.0 Å². The third-order valence-electron chi connectivity index (χ3n) is 3.05. The van der Waals surface area contributed by atoms with Crippen molar-refractivity contribution in [1.82, 2.24) is 0 Å². The summed E-state index contributed by atoms with van der Waals surface area (Å²) in [7, 11) is 1.29. The highest BCUT2D eigenvalue weighted by atomic mass is 32.2. The van der Waals surface area contributed by atoms with Gasteiger partial charge in [0.1, 0.15) is 9.90 Å². The molecule has 0 saturated carbocycles. The summed E-state index contributed by atoms with van der Waals surface area (Å²) in [6, 6.07) is 4.17. The van der Waals surface area contributed by atoms with Crippen LogP contribution in [0.1, 0.15) is 12.5 Å². The molecule has 1 amide bonds. The molecule has 1 aromatic rings. The van der Waals surface area contributed by atoms with Crippen LogP contribution >= 0.6 is 23.5 Å². The minimum atomic E-state index is -0.704. The highest BCUT2D eigenvalue weighted by Gasteiger charge is 2.31. The Hall–Kier alpha value is -1.21. The number of ether oxygens (including phenoxy) is 1. The molecule has 0 spiro atoms. The van der Waals surface area contributed by atoms with Crippen LogP contribution in [-0.2, 0) is 20.7 Å². The molecule has 0 heterocycles. The Morgan fingerprint density at radius 1 is 1.33 bits per heavy atom. The number of hydrogen-bond acceptors (Lipinski definition) is 5. The van der Waals surface area contributed by atoms with Gasteiger partial charge in [0, 0.05) is 0 Å². The molecule has 0 atom stereocenters. The Bertz CT molecular complexity index is 533. The van der Waals surface area contributed by atoms with E-state index in [1.807, 2.05) is 12.5 Å². The van der Waals surface area contributed by atoms with Crippen molar-refractivity contribution in [2.24, 2.45) is 0 Å². The van der Waals surface area contributed by atoms with Crippen LogP contribution in [0, 0.1) is 5.82 Å². The molecule has 116 valence electrons. The summed E-state index contributed by atoms with van der Waals surface area (Å²) in [5.74, 6) is -1.25. The van der Waals surface area contributed by atoms with Crippen LogP contribution in [0.5, 0.6) is 0 Å². The zero-order valence-electron chi connectivity index (χ0n) is 12.4. The fourth-order valence-corrected chi connectivity index (χ4v) is 2.66. The van der Waals surface area contributed by atoms with Gasteiger partial charge in [-0.1, -0.05) is 6.07 Å². The van der Waals surface area contributed by atoms with Gasteiger partial charge >= 0.3 is 5.97 Å². The molecule has 0 unspecified atom stereocenters. The summed E-state index contributed by atoms with van der Waals surface area (Å²) < 4.78 is 17.7. The second-order valence-corrected chi connectivity index (χ2v) is 7.08. The Morgan fingerprint density at radius 3 is 2.48 bits per heavy atom. The van der Waals surface area contributed by atoms with Gasteiger partial charge in [0.2, 0.25) is 0 Å². The third kappa shape index (κ3) is 4.64. The van der Waals surface area contributed by atoms with E-state index in [1.54, 1.807) is 6.92 Å². The number of nitrogens with one attached hydrogen (secondary N) is 1. The van der Waals surface area contributed by atoms with Crippen LogP contribution in [0.3, 0.4) is 0 Å². The standard InChI is InChI=1S/C14H18FNO3S2/c1-14(20-3,21-4)13(18)16-11-7-9(5-6-10(11)15)8-12(17)19-2/h5-7H,8H2,1-4H3,(H,16,18). The lowest BCUT2D eigenvalue weighted by Crippen LogP contribution is -2.33. The van der Waals surface area contributed by atoms with Crippen LogP contribution in [-0.4, -0.2) is 35.6 Å². The van der Waals surface area contributed by atoms with Gasteiger partial charge in [0.15, 0.2) is 0 Å². The van der Waals surface area contributed by atoms with Crippen molar-refractivity contribution in [2.75, 3.05) is 24.9 Å². The topological polar surface area (TPSA) is 55.4 Å². The number of methoxy groups -OCH3 is 1. The predicted octanol–water partition coefficient (Wildman–Crippen LogP) is 2.92. The zero-order chi connectivity index (χ0) is 16.0. The second-order valence-electron chi connectivity index (χ2n) is 4.38. The van der Waals surface area contributed by atoms with Crippen LogP contribution < -0.4 is 5.32 Å². The van der Waals surface area contributed by atoms with E-state index in [0.717, 1.165) is 0 Å². The number of anilines is 1. The highest BCUT2D eigenvalue weighted by Crippen LogP contribution is 2.34. The molecule has 0 radical (unpaired) electrons. The fraction of sp³-hybridized carbons (Fsp3) is 0.429. The van der Waals surface area contributed by atoms with E-state index in [1.165, 1.54) is 48.8 Å². The molecule has 1 rings (SSSR count). The van der Waals surface area contributed by atoms with Crippen molar-refractivity contribution in [1.29, 1.82) is 0 Å². The number of esters is 1. The minimum Gasteiger partial charge on any atom is -0.469 e. The molecule has 1 N–H and O–H groups in total. The number of carbonyl (C=O) groups excluding carboxylic acids is 2. The Kier molecular flexibility index (Phi) is 6.54. The Morgan fingerprint density at radius 2 is 1.95 bits per heavy atom. The van der Waals surface area contributed by atoms with E-state index >= 15 is 0 Å². The maximum Gasteiger partial charge on any atom is 0.309 e. The van der Waals surface area contributed by atoms with Gasteiger partial charge in [-0.2, -0.15) is 0 Å². The van der Waals surface area contributed by atoms with Crippen molar-refractivity contribution >= 4 is 41.1 Å². The average Bonchev–Trinajstić information content (AvgIpc) is 2.49. The van der Waals surface area contributed by atoms with E-state index in [4.69, 9.17) is 0 Å². The first-order valence-corrected chi connectivity index (χ1v) is 8.58. The number of amides is 1. The first-order chi connectivity index (χ1) is 9.86. The molecule has 21 heavy (non-hydrogen) atoms. The molecule has 0 bridgehead atoms. The fourth-order valence-electron chi connectivity index (χ4n) is 1.52. The number of thioether (sulfide) groups is 2. The van der Waals surface area contributed by atoms with Crippen molar-refractivity contribution in [2.45, 2.75) is 17.4 Å². The van der Waals surface area contributed by atoms with Gasteiger partial charge in [-0.15, -0.1) is 23.5 Å². The highest BCUT2D eigenvalue weighted by molar-refractivity contribution is 8.18.